The lowest BCUT2D eigenvalue weighted by Crippen LogP contribution is -2.52. The third-order valence-electron chi connectivity index (χ3n) is 4.78. The average Bonchev–Trinajstić information content (AvgIpc) is 2.87. The maximum atomic E-state index is 12.0. The molecule has 0 spiro atoms. The van der Waals surface area contributed by atoms with Crippen molar-refractivity contribution in [3.05, 3.63) is 6.33 Å². The molecule has 8 nitrogen and oxygen atoms in total. The Morgan fingerprint density at radius 3 is 2.71 bits per heavy atom. The van der Waals surface area contributed by atoms with Crippen LogP contribution in [0.3, 0.4) is 0 Å². The second-order valence-corrected chi connectivity index (χ2v) is 6.26. The highest BCUT2D eigenvalue weighted by Crippen LogP contribution is 2.45. The summed E-state index contributed by atoms with van der Waals surface area (Å²) in [6.45, 7) is 5.97. The molecule has 3 unspecified atom stereocenters. The summed E-state index contributed by atoms with van der Waals surface area (Å²) in [5, 5.41) is 22.9. The summed E-state index contributed by atoms with van der Waals surface area (Å²) < 4.78 is 1.36. The van der Waals surface area contributed by atoms with E-state index in [1.807, 2.05) is 20.8 Å². The number of rotatable bonds is 4. The number of hydrogen-bond donors (Lipinski definition) is 2. The molecule has 2 N–H and O–H groups in total. The summed E-state index contributed by atoms with van der Waals surface area (Å²) in [7, 11) is 0. The Morgan fingerprint density at radius 2 is 2.14 bits per heavy atom. The Balaban J connectivity index is 1.98. The van der Waals surface area contributed by atoms with Crippen molar-refractivity contribution in [2.75, 3.05) is 0 Å². The SMILES string of the molecule is CC1C(NC(=O)Cn2cnnn2)CCC(C(=O)O)C1(C)C. The average molecular weight is 295 g/mol. The van der Waals surface area contributed by atoms with Crippen molar-refractivity contribution in [2.24, 2.45) is 17.3 Å². The number of tetrazole rings is 1. The molecule has 3 atom stereocenters. The molecule has 1 fully saturated rings. The van der Waals surface area contributed by atoms with Crippen LogP contribution in [-0.4, -0.2) is 43.2 Å². The van der Waals surface area contributed by atoms with Gasteiger partial charge in [-0.1, -0.05) is 20.8 Å². The van der Waals surface area contributed by atoms with Gasteiger partial charge >= 0.3 is 5.97 Å². The number of amides is 1. The van der Waals surface area contributed by atoms with Gasteiger partial charge in [-0.15, -0.1) is 5.10 Å². The van der Waals surface area contributed by atoms with Crippen molar-refractivity contribution >= 4 is 11.9 Å². The topological polar surface area (TPSA) is 110 Å². The zero-order valence-corrected chi connectivity index (χ0v) is 12.5. The predicted octanol–water partition coefficient (Wildman–Crippen LogP) is 0.315. The fraction of sp³-hybridized carbons (Fsp3) is 0.769. The Labute approximate surface area is 122 Å². The van der Waals surface area contributed by atoms with Crippen molar-refractivity contribution < 1.29 is 14.7 Å². The number of nitrogens with zero attached hydrogens (tertiary/aromatic N) is 4. The molecule has 1 aliphatic rings. The first kappa shape index (κ1) is 15.4. The number of carbonyl (C=O) groups is 2. The van der Waals surface area contributed by atoms with Gasteiger partial charge in [-0.2, -0.15) is 0 Å². The van der Waals surface area contributed by atoms with Gasteiger partial charge in [-0.05, 0) is 34.6 Å². The van der Waals surface area contributed by atoms with Gasteiger partial charge < -0.3 is 10.4 Å². The first-order chi connectivity index (χ1) is 9.82. The van der Waals surface area contributed by atoms with E-state index in [4.69, 9.17) is 0 Å². The lowest BCUT2D eigenvalue weighted by atomic mass is 9.61. The summed E-state index contributed by atoms with van der Waals surface area (Å²) in [5.74, 6) is -1.22. The van der Waals surface area contributed by atoms with Crippen LogP contribution in [0, 0.1) is 17.3 Å². The molecular weight excluding hydrogens is 274 g/mol. The van der Waals surface area contributed by atoms with Crippen LogP contribution in [0.2, 0.25) is 0 Å². The van der Waals surface area contributed by atoms with Crippen LogP contribution >= 0.6 is 0 Å². The second-order valence-electron chi connectivity index (χ2n) is 6.26. The summed E-state index contributed by atoms with van der Waals surface area (Å²) in [4.78, 5) is 23.3. The third-order valence-corrected chi connectivity index (χ3v) is 4.78. The maximum absolute atomic E-state index is 12.0. The molecule has 0 aromatic carbocycles. The Bertz CT molecular complexity index is 514. The molecule has 116 valence electrons. The zero-order chi connectivity index (χ0) is 15.6. The summed E-state index contributed by atoms with van der Waals surface area (Å²) in [6.07, 6.45) is 2.62. The van der Waals surface area contributed by atoms with Crippen molar-refractivity contribution in [3.8, 4) is 0 Å². The van der Waals surface area contributed by atoms with Gasteiger partial charge in [0.25, 0.3) is 0 Å². The molecule has 1 aromatic heterocycles. The van der Waals surface area contributed by atoms with Gasteiger partial charge in [0.2, 0.25) is 5.91 Å². The molecule has 0 bridgehead atoms. The number of hydrogen-bond acceptors (Lipinski definition) is 5. The Morgan fingerprint density at radius 1 is 1.43 bits per heavy atom. The number of carbonyl (C=O) groups excluding carboxylic acids is 1. The molecular formula is C13H21N5O3. The number of aromatic nitrogens is 4. The van der Waals surface area contributed by atoms with Crippen molar-refractivity contribution in [1.82, 2.24) is 25.5 Å². The number of nitrogens with one attached hydrogen (secondary N) is 1. The standard InChI is InChI=1S/C13H21N5O3/c1-8-10(5-4-9(12(20)21)13(8,2)3)15-11(19)6-18-7-14-16-17-18/h7-10H,4-6H2,1-3H3,(H,15,19)(H,20,21). The first-order valence-corrected chi connectivity index (χ1v) is 7.05. The minimum atomic E-state index is -0.759. The third kappa shape index (κ3) is 3.20. The monoisotopic (exact) mass is 295 g/mol. The summed E-state index contributed by atoms with van der Waals surface area (Å²) >= 11 is 0. The van der Waals surface area contributed by atoms with Crippen LogP contribution in [0.5, 0.6) is 0 Å². The molecule has 1 aromatic rings. The Hall–Kier alpha value is -1.99. The van der Waals surface area contributed by atoms with E-state index < -0.39 is 5.97 Å². The summed E-state index contributed by atoms with van der Waals surface area (Å²) in [5.41, 5.74) is -0.364. The van der Waals surface area contributed by atoms with E-state index in [2.05, 4.69) is 20.8 Å². The quantitative estimate of drug-likeness (QED) is 0.827. The smallest absolute Gasteiger partial charge is 0.307 e. The number of aliphatic carboxylic acids is 1. The molecule has 0 saturated heterocycles. The van der Waals surface area contributed by atoms with Crippen LogP contribution < -0.4 is 5.32 Å². The van der Waals surface area contributed by atoms with E-state index in [-0.39, 0.29) is 35.7 Å². The molecule has 8 heteroatoms. The van der Waals surface area contributed by atoms with E-state index >= 15 is 0 Å². The molecule has 2 rings (SSSR count). The number of carboxylic acid groups (broad SMARTS) is 1. The minimum absolute atomic E-state index is 0.0282. The van der Waals surface area contributed by atoms with Crippen LogP contribution in [-0.2, 0) is 16.1 Å². The van der Waals surface area contributed by atoms with Gasteiger partial charge in [0.1, 0.15) is 12.9 Å². The van der Waals surface area contributed by atoms with E-state index in [0.29, 0.717) is 12.8 Å². The maximum Gasteiger partial charge on any atom is 0.307 e. The van der Waals surface area contributed by atoms with E-state index in [0.717, 1.165) is 0 Å². The van der Waals surface area contributed by atoms with Crippen molar-refractivity contribution in [3.63, 3.8) is 0 Å². The van der Waals surface area contributed by atoms with E-state index in [9.17, 15) is 14.7 Å². The van der Waals surface area contributed by atoms with Crippen LogP contribution in [0.1, 0.15) is 33.6 Å². The van der Waals surface area contributed by atoms with Crippen LogP contribution in [0.25, 0.3) is 0 Å². The molecule has 1 aliphatic carbocycles. The van der Waals surface area contributed by atoms with E-state index in [1.54, 1.807) is 0 Å². The van der Waals surface area contributed by atoms with Crippen LogP contribution in [0.15, 0.2) is 6.33 Å². The zero-order valence-electron chi connectivity index (χ0n) is 12.5. The van der Waals surface area contributed by atoms with Gasteiger partial charge in [0.15, 0.2) is 0 Å². The predicted molar refractivity (Wildman–Crippen MR) is 73.1 cm³/mol. The van der Waals surface area contributed by atoms with Crippen molar-refractivity contribution in [2.45, 2.75) is 46.2 Å². The fourth-order valence-electron chi connectivity index (χ4n) is 3.10. The van der Waals surface area contributed by atoms with Gasteiger partial charge in [-0.25, -0.2) is 4.68 Å². The molecule has 21 heavy (non-hydrogen) atoms. The van der Waals surface area contributed by atoms with E-state index in [1.165, 1.54) is 11.0 Å². The highest BCUT2D eigenvalue weighted by atomic mass is 16.4. The minimum Gasteiger partial charge on any atom is -0.481 e. The Kier molecular flexibility index (Phi) is 4.24. The lowest BCUT2D eigenvalue weighted by Gasteiger charge is -2.46. The first-order valence-electron chi connectivity index (χ1n) is 7.05. The largest absolute Gasteiger partial charge is 0.481 e. The molecule has 1 heterocycles. The molecule has 1 saturated carbocycles. The highest BCUT2D eigenvalue weighted by Gasteiger charge is 2.46. The molecule has 1 amide bonds. The number of carboxylic acids is 1. The summed E-state index contributed by atoms with van der Waals surface area (Å²) in [6, 6.07) is -0.0282. The second kappa shape index (κ2) is 5.79. The molecule has 0 aliphatic heterocycles. The fourth-order valence-corrected chi connectivity index (χ4v) is 3.10. The highest BCUT2D eigenvalue weighted by molar-refractivity contribution is 5.76. The van der Waals surface area contributed by atoms with Crippen molar-refractivity contribution in [1.29, 1.82) is 0 Å². The van der Waals surface area contributed by atoms with Gasteiger partial charge in [-0.3, -0.25) is 9.59 Å². The normalized spacial score (nSPS) is 28.0. The van der Waals surface area contributed by atoms with Crippen LogP contribution in [0.4, 0.5) is 0 Å². The van der Waals surface area contributed by atoms with Gasteiger partial charge in [0, 0.05) is 6.04 Å². The van der Waals surface area contributed by atoms with Gasteiger partial charge in [0.05, 0.1) is 5.92 Å². The lowest BCUT2D eigenvalue weighted by molar-refractivity contribution is -0.150. The molecule has 0 radical (unpaired) electrons.